The van der Waals surface area contributed by atoms with Gasteiger partial charge in [-0.25, -0.2) is 0 Å². The molecule has 0 atom stereocenters. The molecule has 26 heavy (non-hydrogen) atoms. The zero-order valence-electron chi connectivity index (χ0n) is 14.9. The molecule has 3 rings (SSSR count). The van der Waals surface area contributed by atoms with Crippen LogP contribution in [0.1, 0.15) is 31.9 Å². The van der Waals surface area contributed by atoms with Crippen molar-refractivity contribution in [1.82, 2.24) is 0 Å². The van der Waals surface area contributed by atoms with Crippen LogP contribution in [-0.4, -0.2) is 10.8 Å². The number of nitrogens with zero attached hydrogens (tertiary/aromatic N) is 1. The Bertz CT molecular complexity index is 983. The van der Waals surface area contributed by atoms with Gasteiger partial charge < -0.3 is 9.73 Å². The normalized spacial score (nSPS) is 11.5. The molecule has 0 spiro atoms. The molecular formula is C20H20N2O4. The third-order valence-electron chi connectivity index (χ3n) is 4.21. The number of hydrogen-bond acceptors (Lipinski definition) is 4. The average molecular weight is 352 g/mol. The maximum Gasteiger partial charge on any atom is 0.271 e. The fraction of sp³-hybridized carbons (Fsp3) is 0.250. The molecule has 6 heteroatoms. The number of furan rings is 1. The summed E-state index contributed by atoms with van der Waals surface area (Å²) in [7, 11) is 0. The van der Waals surface area contributed by atoms with Crippen molar-refractivity contribution in [3.63, 3.8) is 0 Å². The number of nitro groups is 1. The molecule has 2 aromatic carbocycles. The highest BCUT2D eigenvalue weighted by Crippen LogP contribution is 2.29. The molecule has 0 saturated carbocycles. The predicted octanol–water partition coefficient (Wildman–Crippen LogP) is 4.82. The van der Waals surface area contributed by atoms with E-state index in [1.165, 1.54) is 18.2 Å². The van der Waals surface area contributed by atoms with Crippen LogP contribution in [0.5, 0.6) is 0 Å². The van der Waals surface area contributed by atoms with Gasteiger partial charge in [0.1, 0.15) is 5.58 Å². The van der Waals surface area contributed by atoms with Crippen LogP contribution in [0.4, 0.5) is 11.4 Å². The molecule has 0 fully saturated rings. The smallest absolute Gasteiger partial charge is 0.271 e. The topological polar surface area (TPSA) is 85.4 Å². The summed E-state index contributed by atoms with van der Waals surface area (Å²) in [6.45, 7) is 6.38. The summed E-state index contributed by atoms with van der Waals surface area (Å²) in [6, 6.07) is 11.9. The molecule has 0 aliphatic carbocycles. The minimum atomic E-state index is -0.493. The van der Waals surface area contributed by atoms with Gasteiger partial charge in [-0.05, 0) is 29.2 Å². The van der Waals surface area contributed by atoms with Crippen molar-refractivity contribution in [1.29, 1.82) is 0 Å². The summed E-state index contributed by atoms with van der Waals surface area (Å²) in [6.07, 6.45) is 1.72. The summed E-state index contributed by atoms with van der Waals surface area (Å²) in [5, 5.41) is 14.4. The zero-order valence-corrected chi connectivity index (χ0v) is 14.9. The molecule has 0 saturated heterocycles. The van der Waals surface area contributed by atoms with Gasteiger partial charge in [-0.2, -0.15) is 0 Å². The van der Waals surface area contributed by atoms with Gasteiger partial charge in [0.05, 0.1) is 17.6 Å². The Hall–Kier alpha value is -3.15. The molecule has 1 aromatic heterocycles. The van der Waals surface area contributed by atoms with Crippen LogP contribution in [-0.2, 0) is 16.6 Å². The molecular weight excluding hydrogens is 332 g/mol. The van der Waals surface area contributed by atoms with Gasteiger partial charge in [0.25, 0.3) is 5.69 Å². The minimum absolute atomic E-state index is 0.00599. The van der Waals surface area contributed by atoms with E-state index in [0.717, 1.165) is 22.1 Å². The van der Waals surface area contributed by atoms with Crippen LogP contribution in [0, 0.1) is 10.1 Å². The van der Waals surface area contributed by atoms with Gasteiger partial charge in [-0.15, -0.1) is 0 Å². The lowest BCUT2D eigenvalue weighted by Crippen LogP contribution is -2.14. The first-order valence-electron chi connectivity index (χ1n) is 8.29. The van der Waals surface area contributed by atoms with E-state index < -0.39 is 4.92 Å². The van der Waals surface area contributed by atoms with Gasteiger partial charge >= 0.3 is 0 Å². The summed E-state index contributed by atoms with van der Waals surface area (Å²) < 4.78 is 5.55. The minimum Gasteiger partial charge on any atom is -0.464 e. The van der Waals surface area contributed by atoms with Crippen molar-refractivity contribution in [3.8, 4) is 0 Å². The van der Waals surface area contributed by atoms with E-state index in [4.69, 9.17) is 4.42 Å². The lowest BCUT2D eigenvalue weighted by molar-refractivity contribution is -0.384. The monoisotopic (exact) mass is 352 g/mol. The summed E-state index contributed by atoms with van der Waals surface area (Å²) in [5.41, 5.74) is 3.00. The van der Waals surface area contributed by atoms with Crippen molar-refractivity contribution in [2.24, 2.45) is 0 Å². The van der Waals surface area contributed by atoms with Crippen molar-refractivity contribution in [3.05, 3.63) is 70.0 Å². The third-order valence-corrected chi connectivity index (χ3v) is 4.21. The second-order valence-electron chi connectivity index (χ2n) is 7.25. The third kappa shape index (κ3) is 3.74. The zero-order chi connectivity index (χ0) is 18.9. The largest absolute Gasteiger partial charge is 0.464 e. The number of amides is 1. The first-order valence-corrected chi connectivity index (χ1v) is 8.29. The van der Waals surface area contributed by atoms with E-state index in [2.05, 4.69) is 32.2 Å². The van der Waals surface area contributed by atoms with Gasteiger partial charge in [0, 0.05) is 28.8 Å². The van der Waals surface area contributed by atoms with E-state index in [9.17, 15) is 14.9 Å². The van der Waals surface area contributed by atoms with Crippen LogP contribution in [0.3, 0.4) is 0 Å². The van der Waals surface area contributed by atoms with Crippen molar-refractivity contribution >= 4 is 28.3 Å². The number of nitro benzene ring substituents is 1. The van der Waals surface area contributed by atoms with Crippen LogP contribution in [0.15, 0.2) is 53.1 Å². The Morgan fingerprint density at radius 1 is 1.19 bits per heavy atom. The molecule has 1 heterocycles. The van der Waals surface area contributed by atoms with E-state index >= 15 is 0 Å². The standard InChI is InChI=1S/C20H20N2O4/c1-20(2,3)14-7-8-18-17(10-14)13(12-26-18)9-19(23)21-15-5-4-6-16(11-15)22(24)25/h4-8,10-12H,9H2,1-3H3,(H,21,23). The molecule has 1 N–H and O–H groups in total. The summed E-state index contributed by atoms with van der Waals surface area (Å²) in [5.74, 6) is -0.255. The lowest BCUT2D eigenvalue weighted by Gasteiger charge is -2.18. The number of nitrogens with one attached hydrogen (secondary N) is 1. The molecule has 0 aliphatic heterocycles. The number of carbonyl (C=O) groups excluding carboxylic acids is 1. The summed E-state index contributed by atoms with van der Waals surface area (Å²) >= 11 is 0. The molecule has 134 valence electrons. The van der Waals surface area contributed by atoms with Crippen molar-refractivity contribution < 1.29 is 14.1 Å². The Morgan fingerprint density at radius 3 is 2.65 bits per heavy atom. The number of benzene rings is 2. The number of rotatable bonds is 4. The van der Waals surface area contributed by atoms with Gasteiger partial charge in [-0.3, -0.25) is 14.9 Å². The fourth-order valence-corrected chi connectivity index (χ4v) is 2.76. The van der Waals surface area contributed by atoms with E-state index in [0.29, 0.717) is 5.69 Å². The SMILES string of the molecule is CC(C)(C)c1ccc2occ(CC(=O)Nc3cccc([N+](=O)[O-])c3)c2c1. The molecule has 3 aromatic rings. The van der Waals surface area contributed by atoms with Crippen molar-refractivity contribution in [2.75, 3.05) is 5.32 Å². The number of non-ortho nitro benzene ring substituents is 1. The highest BCUT2D eigenvalue weighted by Gasteiger charge is 2.17. The van der Waals surface area contributed by atoms with Crippen LogP contribution in [0.2, 0.25) is 0 Å². The molecule has 0 radical (unpaired) electrons. The maximum atomic E-state index is 12.4. The van der Waals surface area contributed by atoms with Crippen molar-refractivity contribution in [2.45, 2.75) is 32.6 Å². The predicted molar refractivity (Wildman–Crippen MR) is 100 cm³/mol. The van der Waals surface area contributed by atoms with Gasteiger partial charge in [0.2, 0.25) is 5.91 Å². The number of anilines is 1. The number of carbonyl (C=O) groups is 1. The second kappa shape index (κ2) is 6.63. The second-order valence-corrected chi connectivity index (χ2v) is 7.25. The average Bonchev–Trinajstić information content (AvgIpc) is 2.96. The summed E-state index contributed by atoms with van der Waals surface area (Å²) in [4.78, 5) is 22.7. The maximum absolute atomic E-state index is 12.4. The molecule has 0 unspecified atom stereocenters. The van der Waals surface area contributed by atoms with E-state index in [1.54, 1.807) is 12.3 Å². The lowest BCUT2D eigenvalue weighted by atomic mass is 9.86. The highest BCUT2D eigenvalue weighted by atomic mass is 16.6. The molecule has 0 aliphatic rings. The fourth-order valence-electron chi connectivity index (χ4n) is 2.76. The number of hydrogen-bond donors (Lipinski definition) is 1. The molecule has 0 bridgehead atoms. The van der Waals surface area contributed by atoms with E-state index in [1.807, 2.05) is 12.1 Å². The van der Waals surface area contributed by atoms with Crippen LogP contribution >= 0.6 is 0 Å². The van der Waals surface area contributed by atoms with E-state index in [-0.39, 0.29) is 23.4 Å². The first-order chi connectivity index (χ1) is 12.2. The number of fused-ring (bicyclic) bond motifs is 1. The van der Waals surface area contributed by atoms with Gasteiger partial charge in [0.15, 0.2) is 0 Å². The Morgan fingerprint density at radius 2 is 1.96 bits per heavy atom. The quantitative estimate of drug-likeness (QED) is 0.539. The Labute approximate surface area is 151 Å². The van der Waals surface area contributed by atoms with Crippen LogP contribution < -0.4 is 5.32 Å². The van der Waals surface area contributed by atoms with Crippen LogP contribution in [0.25, 0.3) is 11.0 Å². The molecule has 1 amide bonds. The molecule has 6 nitrogen and oxygen atoms in total. The first kappa shape index (κ1) is 17.7. The highest BCUT2D eigenvalue weighted by molar-refractivity contribution is 5.95. The Kier molecular flexibility index (Phi) is 4.50. The van der Waals surface area contributed by atoms with Gasteiger partial charge in [-0.1, -0.05) is 32.9 Å². The Balaban J connectivity index is 1.81.